The number of halogens is 2. The summed E-state index contributed by atoms with van der Waals surface area (Å²) in [5.41, 5.74) is 7.21. The number of hydrogen-bond acceptors (Lipinski definition) is 2. The second kappa shape index (κ2) is 7.62. The molecule has 0 heterocycles. The summed E-state index contributed by atoms with van der Waals surface area (Å²) < 4.78 is 0. The molecule has 0 fully saturated rings. The molecule has 0 aliphatic carbocycles. The first-order valence-corrected chi connectivity index (χ1v) is 3.72. The van der Waals surface area contributed by atoms with Gasteiger partial charge < -0.3 is 10.8 Å². The number of carboxylic acid groups (broad SMARTS) is 1. The standard InChI is InChI=1S/C9H11NO2.2ClH/c10-6-8-3-1-7(2-4-8)5-9(11)12;;/h1-4H,5-6,10H2,(H,11,12);2*1H. The van der Waals surface area contributed by atoms with Crippen LogP contribution >= 0.6 is 24.8 Å². The van der Waals surface area contributed by atoms with E-state index in [1.807, 2.05) is 12.1 Å². The molecule has 3 nitrogen and oxygen atoms in total. The van der Waals surface area contributed by atoms with E-state index in [2.05, 4.69) is 0 Å². The molecule has 0 radical (unpaired) electrons. The van der Waals surface area contributed by atoms with Crippen LogP contribution in [0.1, 0.15) is 11.1 Å². The Balaban J connectivity index is 0. The van der Waals surface area contributed by atoms with Crippen molar-refractivity contribution in [3.8, 4) is 0 Å². The summed E-state index contributed by atoms with van der Waals surface area (Å²) in [5.74, 6) is -0.810. The SMILES string of the molecule is Cl.Cl.NCc1ccc(CC(=O)O)cc1. The van der Waals surface area contributed by atoms with Crippen molar-refractivity contribution in [2.75, 3.05) is 0 Å². The van der Waals surface area contributed by atoms with Crippen molar-refractivity contribution >= 4 is 30.8 Å². The molecule has 0 aliphatic heterocycles. The molecule has 1 aromatic carbocycles. The van der Waals surface area contributed by atoms with Gasteiger partial charge in [-0.2, -0.15) is 0 Å². The van der Waals surface area contributed by atoms with Crippen LogP contribution in [0.4, 0.5) is 0 Å². The average Bonchev–Trinajstić information content (AvgIpc) is 2.05. The van der Waals surface area contributed by atoms with Gasteiger partial charge in [0, 0.05) is 6.54 Å². The summed E-state index contributed by atoms with van der Waals surface area (Å²) in [6.07, 6.45) is 0.0743. The minimum atomic E-state index is -0.810. The molecule has 0 aromatic heterocycles. The van der Waals surface area contributed by atoms with Crippen LogP contribution in [0.2, 0.25) is 0 Å². The van der Waals surface area contributed by atoms with E-state index in [0.717, 1.165) is 11.1 Å². The number of carbonyl (C=O) groups is 1. The minimum absolute atomic E-state index is 0. The fourth-order valence-corrected chi connectivity index (χ4v) is 0.968. The van der Waals surface area contributed by atoms with E-state index in [-0.39, 0.29) is 31.2 Å². The van der Waals surface area contributed by atoms with Crippen molar-refractivity contribution in [1.82, 2.24) is 0 Å². The number of carboxylic acids is 1. The van der Waals surface area contributed by atoms with Crippen LogP contribution in [0.3, 0.4) is 0 Å². The van der Waals surface area contributed by atoms with Crippen molar-refractivity contribution in [3.63, 3.8) is 0 Å². The molecular formula is C9H13Cl2NO2. The Kier molecular flexibility index (Phi) is 8.54. The maximum atomic E-state index is 10.3. The maximum Gasteiger partial charge on any atom is 0.307 e. The molecular weight excluding hydrogens is 225 g/mol. The molecule has 0 saturated carbocycles. The van der Waals surface area contributed by atoms with Crippen LogP contribution in [0.25, 0.3) is 0 Å². The van der Waals surface area contributed by atoms with Gasteiger partial charge in [-0.25, -0.2) is 0 Å². The molecule has 0 amide bonds. The van der Waals surface area contributed by atoms with E-state index in [1.165, 1.54) is 0 Å². The molecule has 80 valence electrons. The van der Waals surface area contributed by atoms with Crippen LogP contribution in [0, 0.1) is 0 Å². The quantitative estimate of drug-likeness (QED) is 0.840. The fourth-order valence-electron chi connectivity index (χ4n) is 0.968. The van der Waals surface area contributed by atoms with E-state index in [9.17, 15) is 4.79 Å². The topological polar surface area (TPSA) is 63.3 Å². The van der Waals surface area contributed by atoms with Gasteiger partial charge in [0.05, 0.1) is 6.42 Å². The lowest BCUT2D eigenvalue weighted by molar-refractivity contribution is -0.136. The zero-order valence-electron chi connectivity index (χ0n) is 7.47. The van der Waals surface area contributed by atoms with Gasteiger partial charge in [0.2, 0.25) is 0 Å². The lowest BCUT2D eigenvalue weighted by atomic mass is 10.1. The summed E-state index contributed by atoms with van der Waals surface area (Å²) in [5, 5.41) is 8.47. The normalized spacial score (nSPS) is 8.36. The molecule has 5 heteroatoms. The van der Waals surface area contributed by atoms with Gasteiger partial charge in [-0.05, 0) is 11.1 Å². The van der Waals surface area contributed by atoms with Crippen molar-refractivity contribution in [1.29, 1.82) is 0 Å². The molecule has 0 spiro atoms. The van der Waals surface area contributed by atoms with Crippen molar-refractivity contribution in [2.45, 2.75) is 13.0 Å². The molecule has 1 rings (SSSR count). The predicted molar refractivity (Wildman–Crippen MR) is 60.2 cm³/mol. The fraction of sp³-hybridized carbons (Fsp3) is 0.222. The molecule has 0 bridgehead atoms. The number of aliphatic carboxylic acids is 1. The van der Waals surface area contributed by atoms with Gasteiger partial charge in [0.25, 0.3) is 0 Å². The smallest absolute Gasteiger partial charge is 0.307 e. The Morgan fingerprint density at radius 1 is 1.14 bits per heavy atom. The van der Waals surface area contributed by atoms with E-state index in [4.69, 9.17) is 10.8 Å². The third-order valence-electron chi connectivity index (χ3n) is 1.61. The van der Waals surface area contributed by atoms with Crippen LogP contribution in [0.5, 0.6) is 0 Å². The first kappa shape index (κ1) is 15.7. The van der Waals surface area contributed by atoms with E-state index >= 15 is 0 Å². The molecule has 3 N–H and O–H groups in total. The van der Waals surface area contributed by atoms with Gasteiger partial charge >= 0.3 is 5.97 Å². The zero-order valence-corrected chi connectivity index (χ0v) is 9.11. The summed E-state index contributed by atoms with van der Waals surface area (Å²) in [4.78, 5) is 10.3. The lowest BCUT2D eigenvalue weighted by Crippen LogP contribution is -2.01. The Hall–Kier alpha value is -0.770. The highest BCUT2D eigenvalue weighted by Crippen LogP contribution is 2.04. The van der Waals surface area contributed by atoms with Gasteiger partial charge in [0.1, 0.15) is 0 Å². The van der Waals surface area contributed by atoms with E-state index in [0.29, 0.717) is 6.54 Å². The lowest BCUT2D eigenvalue weighted by Gasteiger charge is -1.98. The van der Waals surface area contributed by atoms with Crippen LogP contribution in [-0.4, -0.2) is 11.1 Å². The molecule has 0 saturated heterocycles. The summed E-state index contributed by atoms with van der Waals surface area (Å²) in [6.45, 7) is 0.493. The van der Waals surface area contributed by atoms with Crippen molar-refractivity contribution in [2.24, 2.45) is 5.73 Å². The first-order valence-electron chi connectivity index (χ1n) is 3.72. The Labute approximate surface area is 95.1 Å². The number of nitrogens with two attached hydrogens (primary N) is 1. The average molecular weight is 238 g/mol. The van der Waals surface area contributed by atoms with Gasteiger partial charge in [-0.1, -0.05) is 24.3 Å². The van der Waals surface area contributed by atoms with Gasteiger partial charge in [0.15, 0.2) is 0 Å². The zero-order chi connectivity index (χ0) is 8.97. The van der Waals surface area contributed by atoms with E-state index in [1.54, 1.807) is 12.1 Å². The molecule has 0 aliphatic rings. The number of benzene rings is 1. The Morgan fingerprint density at radius 3 is 1.93 bits per heavy atom. The van der Waals surface area contributed by atoms with Crippen molar-refractivity contribution in [3.05, 3.63) is 35.4 Å². The second-order valence-electron chi connectivity index (χ2n) is 2.59. The van der Waals surface area contributed by atoms with Crippen molar-refractivity contribution < 1.29 is 9.90 Å². The number of hydrogen-bond donors (Lipinski definition) is 2. The van der Waals surface area contributed by atoms with Crippen LogP contribution in [-0.2, 0) is 17.8 Å². The van der Waals surface area contributed by atoms with Gasteiger partial charge in [-0.3, -0.25) is 4.79 Å². The Morgan fingerprint density at radius 2 is 1.57 bits per heavy atom. The largest absolute Gasteiger partial charge is 0.481 e. The third-order valence-corrected chi connectivity index (χ3v) is 1.61. The molecule has 14 heavy (non-hydrogen) atoms. The maximum absolute atomic E-state index is 10.3. The van der Waals surface area contributed by atoms with E-state index < -0.39 is 5.97 Å². The summed E-state index contributed by atoms with van der Waals surface area (Å²) in [6, 6.07) is 7.27. The monoisotopic (exact) mass is 237 g/mol. The Bertz CT molecular complexity index is 275. The van der Waals surface area contributed by atoms with Crippen LogP contribution < -0.4 is 5.73 Å². The molecule has 0 atom stereocenters. The van der Waals surface area contributed by atoms with Gasteiger partial charge in [-0.15, -0.1) is 24.8 Å². The third kappa shape index (κ3) is 5.07. The number of rotatable bonds is 3. The first-order chi connectivity index (χ1) is 5.72. The minimum Gasteiger partial charge on any atom is -0.481 e. The summed E-state index contributed by atoms with van der Waals surface area (Å²) >= 11 is 0. The van der Waals surface area contributed by atoms with Crippen LogP contribution in [0.15, 0.2) is 24.3 Å². The highest BCUT2D eigenvalue weighted by Gasteiger charge is 1.98. The highest BCUT2D eigenvalue weighted by molar-refractivity contribution is 5.85. The molecule has 0 unspecified atom stereocenters. The predicted octanol–water partition coefficient (Wildman–Crippen LogP) is 1.62. The molecule has 1 aromatic rings. The summed E-state index contributed by atoms with van der Waals surface area (Å²) in [7, 11) is 0. The highest BCUT2D eigenvalue weighted by atomic mass is 35.5. The second-order valence-corrected chi connectivity index (χ2v) is 2.59.